The lowest BCUT2D eigenvalue weighted by molar-refractivity contribution is -0.374. The number of ether oxygens (including phenoxy) is 2. The number of imidazole rings is 1. The number of H-pyrrole nitrogens is 1. The first-order valence-electron chi connectivity index (χ1n) is 7.05. The first-order chi connectivity index (χ1) is 11.5. The maximum absolute atomic E-state index is 13.2. The van der Waals surface area contributed by atoms with Crippen LogP contribution in [0.2, 0.25) is 0 Å². The summed E-state index contributed by atoms with van der Waals surface area (Å²) in [6, 6.07) is 1.68. The molecule has 0 atom stereocenters. The predicted octanol–water partition coefficient (Wildman–Crippen LogP) is 2.87. The highest BCUT2D eigenvalue weighted by molar-refractivity contribution is 5.91. The quantitative estimate of drug-likeness (QED) is 0.900. The molecule has 1 saturated heterocycles. The number of carbonyl (C=O) groups excluding carboxylic acids is 1. The van der Waals surface area contributed by atoms with E-state index in [1.165, 1.54) is 24.7 Å². The van der Waals surface area contributed by atoms with E-state index in [2.05, 4.69) is 24.8 Å². The average molecular weight is 335 g/mol. The van der Waals surface area contributed by atoms with Gasteiger partial charge in [0.25, 0.3) is 0 Å². The SMILES string of the molecule is O=C(Cc1ccoc1)Nc1nc2c([nH]1)C=C1CC(=C2)OC(F)(F)O1. The Bertz CT molecular complexity index is 811. The molecule has 0 aromatic carbocycles. The Morgan fingerprint density at radius 2 is 2.12 bits per heavy atom. The Kier molecular flexibility index (Phi) is 3.15. The van der Waals surface area contributed by atoms with Crippen molar-refractivity contribution in [3.05, 3.63) is 47.1 Å². The fourth-order valence-electron chi connectivity index (χ4n) is 2.48. The van der Waals surface area contributed by atoms with Gasteiger partial charge in [-0.25, -0.2) is 4.98 Å². The smallest absolute Gasteiger partial charge is 0.472 e. The number of halogens is 2. The van der Waals surface area contributed by atoms with Gasteiger partial charge in [-0.3, -0.25) is 10.1 Å². The zero-order valence-electron chi connectivity index (χ0n) is 12.1. The van der Waals surface area contributed by atoms with E-state index >= 15 is 0 Å². The number of rotatable bonds is 3. The van der Waals surface area contributed by atoms with E-state index in [9.17, 15) is 13.6 Å². The Labute approximate surface area is 134 Å². The largest absolute Gasteiger partial charge is 0.585 e. The van der Waals surface area contributed by atoms with Crippen molar-refractivity contribution >= 4 is 24.0 Å². The molecule has 3 heterocycles. The van der Waals surface area contributed by atoms with Crippen molar-refractivity contribution < 1.29 is 27.5 Å². The van der Waals surface area contributed by atoms with Gasteiger partial charge >= 0.3 is 6.29 Å². The molecule has 0 saturated carbocycles. The van der Waals surface area contributed by atoms with Crippen LogP contribution in [0.15, 0.2) is 34.5 Å². The highest BCUT2D eigenvalue weighted by atomic mass is 19.3. The van der Waals surface area contributed by atoms with Crippen LogP contribution in [0.3, 0.4) is 0 Å². The Balaban J connectivity index is 1.54. The van der Waals surface area contributed by atoms with E-state index in [1.807, 2.05) is 0 Å². The second-order valence-electron chi connectivity index (χ2n) is 5.31. The van der Waals surface area contributed by atoms with Crippen LogP contribution in [-0.4, -0.2) is 22.2 Å². The minimum atomic E-state index is -3.69. The van der Waals surface area contributed by atoms with Crippen LogP contribution >= 0.6 is 0 Å². The topological polar surface area (TPSA) is 89.4 Å². The molecule has 24 heavy (non-hydrogen) atoms. The maximum atomic E-state index is 13.2. The molecule has 9 heteroatoms. The van der Waals surface area contributed by atoms with E-state index in [1.54, 1.807) is 6.07 Å². The predicted molar refractivity (Wildman–Crippen MR) is 77.3 cm³/mol. The molecule has 1 amide bonds. The third-order valence-corrected chi connectivity index (χ3v) is 3.42. The van der Waals surface area contributed by atoms with Crippen molar-refractivity contribution in [2.75, 3.05) is 5.32 Å². The van der Waals surface area contributed by atoms with Crippen LogP contribution in [0.1, 0.15) is 23.4 Å². The highest BCUT2D eigenvalue weighted by Gasteiger charge is 2.42. The van der Waals surface area contributed by atoms with Gasteiger partial charge in [0.2, 0.25) is 11.9 Å². The molecule has 2 N–H and O–H groups in total. The zero-order valence-corrected chi connectivity index (χ0v) is 12.1. The molecule has 0 unspecified atom stereocenters. The van der Waals surface area contributed by atoms with Crippen LogP contribution in [0.4, 0.5) is 14.7 Å². The number of fused-ring (bicyclic) bond motifs is 3. The number of hydrogen-bond donors (Lipinski definition) is 2. The number of aromatic nitrogens is 2. The monoisotopic (exact) mass is 335 g/mol. The Morgan fingerprint density at radius 1 is 1.33 bits per heavy atom. The summed E-state index contributed by atoms with van der Waals surface area (Å²) in [6.07, 6.45) is 2.30. The summed E-state index contributed by atoms with van der Waals surface area (Å²) in [4.78, 5) is 19.0. The normalized spacial score (nSPS) is 17.6. The molecular weight excluding hydrogens is 324 g/mol. The number of hydrogen-bond acceptors (Lipinski definition) is 5. The van der Waals surface area contributed by atoms with Crippen LogP contribution in [-0.2, 0) is 20.7 Å². The summed E-state index contributed by atoms with van der Waals surface area (Å²) in [5, 5.41) is 2.60. The summed E-state index contributed by atoms with van der Waals surface area (Å²) >= 11 is 0. The molecule has 4 rings (SSSR count). The number of anilines is 1. The minimum Gasteiger partial charge on any atom is -0.472 e. The molecule has 1 fully saturated rings. The summed E-state index contributed by atoms with van der Waals surface area (Å²) in [6.45, 7) is 0. The number of nitrogens with one attached hydrogen (secondary N) is 2. The Morgan fingerprint density at radius 3 is 2.88 bits per heavy atom. The molecule has 2 aromatic heterocycles. The van der Waals surface area contributed by atoms with Crippen molar-refractivity contribution in [1.29, 1.82) is 0 Å². The Hall–Kier alpha value is -3.10. The van der Waals surface area contributed by atoms with Gasteiger partial charge in [-0.1, -0.05) is 0 Å². The summed E-state index contributed by atoms with van der Waals surface area (Å²) in [5.74, 6) is 0.00367. The molecule has 0 spiro atoms. The van der Waals surface area contributed by atoms with Gasteiger partial charge in [0.05, 0.1) is 36.8 Å². The van der Waals surface area contributed by atoms with E-state index in [4.69, 9.17) is 4.42 Å². The van der Waals surface area contributed by atoms with E-state index < -0.39 is 6.29 Å². The maximum Gasteiger partial charge on any atom is 0.585 e. The lowest BCUT2D eigenvalue weighted by atomic mass is 10.2. The number of furan rings is 1. The second kappa shape index (κ2) is 5.22. The fraction of sp³-hybridized carbons (Fsp3) is 0.200. The van der Waals surface area contributed by atoms with Gasteiger partial charge < -0.3 is 18.9 Å². The van der Waals surface area contributed by atoms with Crippen LogP contribution in [0.25, 0.3) is 12.2 Å². The first-order valence-corrected chi connectivity index (χ1v) is 7.05. The summed E-state index contributed by atoms with van der Waals surface area (Å²) < 4.78 is 40.3. The van der Waals surface area contributed by atoms with Crippen LogP contribution in [0.5, 0.6) is 0 Å². The van der Waals surface area contributed by atoms with Gasteiger partial charge in [0.1, 0.15) is 11.5 Å². The van der Waals surface area contributed by atoms with Gasteiger partial charge in [-0.05, 0) is 11.6 Å². The van der Waals surface area contributed by atoms with Crippen LogP contribution < -0.4 is 5.32 Å². The highest BCUT2D eigenvalue weighted by Crippen LogP contribution is 2.38. The number of aromatic amines is 1. The van der Waals surface area contributed by atoms with Gasteiger partial charge in [-0.2, -0.15) is 0 Å². The molecule has 2 aliphatic rings. The van der Waals surface area contributed by atoms with Crippen molar-refractivity contribution in [2.45, 2.75) is 19.1 Å². The third kappa shape index (κ3) is 2.87. The lowest BCUT2D eigenvalue weighted by Crippen LogP contribution is -2.28. The molecular formula is C15H11F2N3O4. The second-order valence-corrected chi connectivity index (χ2v) is 5.31. The van der Waals surface area contributed by atoms with Gasteiger partial charge in [0.15, 0.2) is 0 Å². The van der Waals surface area contributed by atoms with E-state index in [0.29, 0.717) is 11.4 Å². The lowest BCUT2D eigenvalue weighted by Gasteiger charge is -2.26. The van der Waals surface area contributed by atoms with Crippen LogP contribution in [0, 0.1) is 0 Å². The van der Waals surface area contributed by atoms with Gasteiger partial charge in [0, 0.05) is 12.2 Å². The zero-order chi connectivity index (χ0) is 16.7. The third-order valence-electron chi connectivity index (χ3n) is 3.42. The first kappa shape index (κ1) is 14.5. The standard InChI is InChI=1S/C15H11F2N3O4/c16-15(17)23-9-4-10(24-15)6-12-11(5-9)18-14(19-12)20-13(21)3-8-1-2-22-7-8/h1-2,5-7H,3-4H2,(H2,18,19,20,21). The molecule has 1 aliphatic carbocycles. The van der Waals surface area contributed by atoms with Crippen molar-refractivity contribution in [3.8, 4) is 0 Å². The van der Waals surface area contributed by atoms with Crippen molar-refractivity contribution in [1.82, 2.24) is 9.97 Å². The van der Waals surface area contributed by atoms with E-state index in [-0.39, 0.29) is 36.2 Å². The number of nitrogens with zero attached hydrogens (tertiary/aromatic N) is 1. The van der Waals surface area contributed by atoms with Crippen molar-refractivity contribution in [2.24, 2.45) is 0 Å². The fourth-order valence-corrected chi connectivity index (χ4v) is 2.48. The van der Waals surface area contributed by atoms with Gasteiger partial charge in [-0.15, -0.1) is 8.78 Å². The minimum absolute atomic E-state index is 0.0408. The molecule has 2 bridgehead atoms. The number of carbonyl (C=O) groups is 1. The molecule has 124 valence electrons. The van der Waals surface area contributed by atoms with E-state index in [0.717, 1.165) is 5.56 Å². The van der Waals surface area contributed by atoms with Crippen molar-refractivity contribution in [3.63, 3.8) is 0 Å². The molecule has 7 nitrogen and oxygen atoms in total. The summed E-state index contributed by atoms with van der Waals surface area (Å²) in [5.41, 5.74) is 1.54. The number of amides is 1. The summed E-state index contributed by atoms with van der Waals surface area (Å²) in [7, 11) is 0. The molecule has 0 radical (unpaired) electrons. The average Bonchev–Trinajstić information content (AvgIpc) is 3.05. The number of alkyl halides is 2. The molecule has 2 aromatic rings. The molecule has 1 aliphatic heterocycles.